The molecule has 0 unspecified atom stereocenters. The molecule has 5 heteroatoms. The molecule has 98 valence electrons. The normalized spacial score (nSPS) is 15.9. The molecule has 0 spiro atoms. The zero-order chi connectivity index (χ0) is 13.0. The second-order valence-corrected chi connectivity index (χ2v) is 4.84. The van der Waals surface area contributed by atoms with E-state index >= 15 is 0 Å². The maximum Gasteiger partial charge on any atom is 0.237 e. The Morgan fingerprint density at radius 1 is 1.17 bits per heavy atom. The Bertz CT molecular complexity index is 417. The average molecular weight is 287 g/mol. The third-order valence-corrected chi connectivity index (χ3v) is 3.71. The van der Waals surface area contributed by atoms with Crippen molar-refractivity contribution >= 4 is 34.8 Å². The van der Waals surface area contributed by atoms with Crippen LogP contribution in [0.25, 0.3) is 0 Å². The number of anilines is 1. The van der Waals surface area contributed by atoms with Crippen molar-refractivity contribution in [1.29, 1.82) is 0 Å². The fraction of sp³-hybridized carbons (Fsp3) is 0.462. The number of alkyl halides is 2. The lowest BCUT2D eigenvalue weighted by Gasteiger charge is -2.36. The molecule has 1 amide bonds. The Kier molecular flexibility index (Phi) is 4.72. The van der Waals surface area contributed by atoms with E-state index in [9.17, 15) is 4.79 Å². The number of rotatable bonds is 3. The van der Waals surface area contributed by atoms with Crippen LogP contribution < -0.4 is 4.90 Å². The van der Waals surface area contributed by atoms with E-state index in [4.69, 9.17) is 23.2 Å². The highest BCUT2D eigenvalue weighted by Gasteiger charge is 2.20. The number of carbonyl (C=O) groups excluding carboxylic acids is 1. The molecule has 0 radical (unpaired) electrons. The number of hydrogen-bond donors (Lipinski definition) is 0. The summed E-state index contributed by atoms with van der Waals surface area (Å²) in [4.78, 5) is 15.6. The quantitative estimate of drug-likeness (QED) is 0.797. The standard InChI is InChI=1S/C13H16Cl2N2O/c14-9-11-2-1-3-12(8-11)16-4-6-17(7-5-16)13(18)10-15/h1-3,8H,4-7,9-10H2. The number of carbonyl (C=O) groups is 1. The minimum atomic E-state index is 0.0193. The van der Waals surface area contributed by atoms with Gasteiger partial charge in [0.15, 0.2) is 0 Å². The number of amides is 1. The molecule has 0 aromatic heterocycles. The molecular weight excluding hydrogens is 271 g/mol. The Balaban J connectivity index is 1.98. The van der Waals surface area contributed by atoms with Crippen molar-refractivity contribution in [3.05, 3.63) is 29.8 Å². The lowest BCUT2D eigenvalue weighted by molar-refractivity contribution is -0.128. The second-order valence-electron chi connectivity index (χ2n) is 4.30. The topological polar surface area (TPSA) is 23.6 Å². The molecule has 0 N–H and O–H groups in total. The summed E-state index contributed by atoms with van der Waals surface area (Å²) in [6, 6.07) is 8.22. The first-order chi connectivity index (χ1) is 8.74. The van der Waals surface area contributed by atoms with E-state index in [1.54, 1.807) is 0 Å². The van der Waals surface area contributed by atoms with Crippen molar-refractivity contribution in [3.8, 4) is 0 Å². The SMILES string of the molecule is O=C(CCl)N1CCN(c2cccc(CCl)c2)CC1. The van der Waals surface area contributed by atoms with Crippen LogP contribution in [0.4, 0.5) is 5.69 Å². The fourth-order valence-corrected chi connectivity index (χ4v) is 2.47. The predicted molar refractivity (Wildman–Crippen MR) is 75.5 cm³/mol. The molecule has 0 saturated carbocycles. The number of hydrogen-bond acceptors (Lipinski definition) is 2. The van der Waals surface area contributed by atoms with Crippen LogP contribution in [0.1, 0.15) is 5.56 Å². The van der Waals surface area contributed by atoms with Crippen molar-refractivity contribution in [2.75, 3.05) is 37.0 Å². The molecule has 1 saturated heterocycles. The molecule has 1 heterocycles. The van der Waals surface area contributed by atoms with Crippen LogP contribution in [0.15, 0.2) is 24.3 Å². The molecule has 18 heavy (non-hydrogen) atoms. The minimum absolute atomic E-state index is 0.0193. The first-order valence-corrected chi connectivity index (χ1v) is 7.05. The van der Waals surface area contributed by atoms with E-state index in [0.717, 1.165) is 31.7 Å². The molecule has 1 fully saturated rings. The molecule has 1 aromatic rings. The lowest BCUT2D eigenvalue weighted by Crippen LogP contribution is -2.49. The van der Waals surface area contributed by atoms with Gasteiger partial charge in [0.05, 0.1) is 0 Å². The maximum atomic E-state index is 11.5. The number of nitrogens with zero attached hydrogens (tertiary/aromatic N) is 2. The summed E-state index contributed by atoms with van der Waals surface area (Å²) < 4.78 is 0. The van der Waals surface area contributed by atoms with Gasteiger partial charge in [-0.25, -0.2) is 0 Å². The van der Waals surface area contributed by atoms with Crippen molar-refractivity contribution in [1.82, 2.24) is 4.90 Å². The van der Waals surface area contributed by atoms with E-state index < -0.39 is 0 Å². The van der Waals surface area contributed by atoms with Gasteiger partial charge in [-0.2, -0.15) is 0 Å². The van der Waals surface area contributed by atoms with E-state index in [-0.39, 0.29) is 11.8 Å². The number of benzene rings is 1. The Labute approximate surface area is 117 Å². The molecule has 0 aliphatic carbocycles. The average Bonchev–Trinajstić information content (AvgIpc) is 2.46. The van der Waals surface area contributed by atoms with E-state index in [1.807, 2.05) is 17.0 Å². The van der Waals surface area contributed by atoms with Crippen molar-refractivity contribution in [3.63, 3.8) is 0 Å². The first kappa shape index (κ1) is 13.5. The van der Waals surface area contributed by atoms with Gasteiger partial charge >= 0.3 is 0 Å². The van der Waals surface area contributed by atoms with Crippen LogP contribution in [0.2, 0.25) is 0 Å². The first-order valence-electron chi connectivity index (χ1n) is 5.98. The van der Waals surface area contributed by atoms with Crippen LogP contribution in [0, 0.1) is 0 Å². The predicted octanol–water partition coefficient (Wildman–Crippen LogP) is 2.31. The smallest absolute Gasteiger partial charge is 0.237 e. The van der Waals surface area contributed by atoms with Gasteiger partial charge in [0.2, 0.25) is 5.91 Å². The third-order valence-electron chi connectivity index (χ3n) is 3.18. The minimum Gasteiger partial charge on any atom is -0.368 e. The largest absolute Gasteiger partial charge is 0.368 e. The summed E-state index contributed by atoms with van der Waals surface area (Å²) in [7, 11) is 0. The third kappa shape index (κ3) is 3.09. The Morgan fingerprint density at radius 3 is 2.50 bits per heavy atom. The fourth-order valence-electron chi connectivity index (χ4n) is 2.13. The van der Waals surface area contributed by atoms with E-state index in [2.05, 4.69) is 17.0 Å². The Hall–Kier alpha value is -0.930. The van der Waals surface area contributed by atoms with Crippen LogP contribution in [0.5, 0.6) is 0 Å². The zero-order valence-corrected chi connectivity index (χ0v) is 11.6. The van der Waals surface area contributed by atoms with Gasteiger partial charge in [-0.15, -0.1) is 23.2 Å². The van der Waals surface area contributed by atoms with Gasteiger partial charge in [0.1, 0.15) is 5.88 Å². The van der Waals surface area contributed by atoms with Gasteiger partial charge in [-0.1, -0.05) is 12.1 Å². The molecule has 2 rings (SSSR count). The molecule has 3 nitrogen and oxygen atoms in total. The zero-order valence-electron chi connectivity index (χ0n) is 10.1. The monoisotopic (exact) mass is 286 g/mol. The summed E-state index contributed by atoms with van der Waals surface area (Å²) in [5, 5.41) is 0. The summed E-state index contributed by atoms with van der Waals surface area (Å²) in [5.74, 6) is 0.617. The van der Waals surface area contributed by atoms with Gasteiger partial charge < -0.3 is 9.80 Å². The second kappa shape index (κ2) is 6.30. The summed E-state index contributed by atoms with van der Waals surface area (Å²) in [5.41, 5.74) is 2.29. The van der Waals surface area contributed by atoms with Crippen LogP contribution >= 0.6 is 23.2 Å². The van der Waals surface area contributed by atoms with Crippen LogP contribution in [-0.4, -0.2) is 42.9 Å². The molecule has 1 aliphatic heterocycles. The molecule has 1 aromatic carbocycles. The van der Waals surface area contributed by atoms with Gasteiger partial charge in [-0.05, 0) is 17.7 Å². The molecule has 1 aliphatic rings. The van der Waals surface area contributed by atoms with Gasteiger partial charge in [-0.3, -0.25) is 4.79 Å². The Morgan fingerprint density at radius 2 is 1.89 bits per heavy atom. The molecule has 0 bridgehead atoms. The van der Waals surface area contributed by atoms with E-state index in [0.29, 0.717) is 5.88 Å². The van der Waals surface area contributed by atoms with Crippen molar-refractivity contribution in [2.45, 2.75) is 5.88 Å². The number of halogens is 2. The summed E-state index contributed by atoms with van der Waals surface area (Å²) >= 11 is 11.4. The highest BCUT2D eigenvalue weighted by atomic mass is 35.5. The van der Waals surface area contributed by atoms with Crippen LogP contribution in [-0.2, 0) is 10.7 Å². The number of piperazine rings is 1. The van der Waals surface area contributed by atoms with Crippen LogP contribution in [0.3, 0.4) is 0 Å². The molecular formula is C13H16Cl2N2O. The summed E-state index contributed by atoms with van der Waals surface area (Å²) in [6.07, 6.45) is 0. The molecule has 0 atom stereocenters. The maximum absolute atomic E-state index is 11.5. The van der Waals surface area contributed by atoms with Gasteiger partial charge in [0, 0.05) is 37.7 Å². The summed E-state index contributed by atoms with van der Waals surface area (Å²) in [6.45, 7) is 3.15. The van der Waals surface area contributed by atoms with Gasteiger partial charge in [0.25, 0.3) is 0 Å². The van der Waals surface area contributed by atoms with Crippen molar-refractivity contribution < 1.29 is 4.79 Å². The highest BCUT2D eigenvalue weighted by molar-refractivity contribution is 6.27. The highest BCUT2D eigenvalue weighted by Crippen LogP contribution is 2.19. The van der Waals surface area contributed by atoms with Crippen molar-refractivity contribution in [2.24, 2.45) is 0 Å². The lowest BCUT2D eigenvalue weighted by atomic mass is 10.2. The van der Waals surface area contributed by atoms with E-state index in [1.165, 1.54) is 5.69 Å².